The van der Waals surface area contributed by atoms with Crippen molar-refractivity contribution in [2.75, 3.05) is 44.8 Å². The zero-order valence-electron chi connectivity index (χ0n) is 16.5. The number of hydrogen-bond donors (Lipinski definition) is 1. The standard InChI is InChI=1S/C20H25N3O5S/c1-3-28-19-7-5-4-6-17(19)22-10-12-23(13-11-22)20(24)16-14-15(29(21,25)26)8-9-18(16)27-2/h4-9,14H,3,10-13H2,1-2H3,(H2,21,25,26). The summed E-state index contributed by atoms with van der Waals surface area (Å²) in [6, 6.07) is 11.9. The Morgan fingerprint density at radius 3 is 2.38 bits per heavy atom. The summed E-state index contributed by atoms with van der Waals surface area (Å²) < 4.78 is 34.3. The third kappa shape index (κ3) is 4.63. The number of ether oxygens (including phenoxy) is 2. The Balaban J connectivity index is 1.77. The van der Waals surface area contributed by atoms with Crippen molar-refractivity contribution in [3.63, 3.8) is 0 Å². The summed E-state index contributed by atoms with van der Waals surface area (Å²) in [6.07, 6.45) is 0. The fourth-order valence-corrected chi connectivity index (χ4v) is 3.89. The molecule has 3 rings (SSSR count). The van der Waals surface area contributed by atoms with Crippen molar-refractivity contribution in [1.82, 2.24) is 4.90 Å². The number of carbonyl (C=O) groups excluding carboxylic acids is 1. The van der Waals surface area contributed by atoms with Crippen molar-refractivity contribution in [2.45, 2.75) is 11.8 Å². The van der Waals surface area contributed by atoms with E-state index < -0.39 is 10.0 Å². The number of para-hydroxylation sites is 2. The first-order valence-electron chi connectivity index (χ1n) is 9.32. The van der Waals surface area contributed by atoms with Gasteiger partial charge in [0.05, 0.1) is 29.9 Å². The molecule has 8 nitrogen and oxygen atoms in total. The molecule has 2 N–H and O–H groups in total. The van der Waals surface area contributed by atoms with E-state index in [2.05, 4.69) is 4.90 Å². The molecule has 156 valence electrons. The van der Waals surface area contributed by atoms with Gasteiger partial charge in [-0.15, -0.1) is 0 Å². The molecule has 1 amide bonds. The maximum absolute atomic E-state index is 13.0. The second kappa shape index (κ2) is 8.71. The maximum atomic E-state index is 13.0. The molecule has 1 saturated heterocycles. The summed E-state index contributed by atoms with van der Waals surface area (Å²) in [5.41, 5.74) is 1.18. The van der Waals surface area contributed by atoms with Crippen LogP contribution in [0.5, 0.6) is 11.5 Å². The van der Waals surface area contributed by atoms with Crippen LogP contribution >= 0.6 is 0 Å². The Bertz CT molecular complexity index is 985. The van der Waals surface area contributed by atoms with Gasteiger partial charge in [0.25, 0.3) is 5.91 Å². The molecule has 0 unspecified atom stereocenters. The van der Waals surface area contributed by atoms with Gasteiger partial charge in [0.1, 0.15) is 11.5 Å². The lowest BCUT2D eigenvalue weighted by atomic mass is 10.1. The minimum absolute atomic E-state index is 0.120. The first kappa shape index (κ1) is 20.9. The summed E-state index contributed by atoms with van der Waals surface area (Å²) in [7, 11) is -2.48. The normalized spacial score (nSPS) is 14.6. The van der Waals surface area contributed by atoms with Gasteiger partial charge in [-0.1, -0.05) is 12.1 Å². The molecule has 2 aromatic rings. The summed E-state index contributed by atoms with van der Waals surface area (Å²) in [5, 5.41) is 5.21. The molecule has 1 fully saturated rings. The van der Waals surface area contributed by atoms with Crippen LogP contribution in [0.15, 0.2) is 47.4 Å². The summed E-state index contributed by atoms with van der Waals surface area (Å²) >= 11 is 0. The molecule has 0 aromatic heterocycles. The molecule has 2 aromatic carbocycles. The fourth-order valence-electron chi connectivity index (χ4n) is 3.35. The van der Waals surface area contributed by atoms with Crippen LogP contribution in [0.4, 0.5) is 5.69 Å². The van der Waals surface area contributed by atoms with Gasteiger partial charge >= 0.3 is 0 Å². The number of carbonyl (C=O) groups is 1. The molecule has 0 aliphatic carbocycles. The van der Waals surface area contributed by atoms with Crippen LogP contribution in [0.25, 0.3) is 0 Å². The molecule has 0 radical (unpaired) electrons. The highest BCUT2D eigenvalue weighted by molar-refractivity contribution is 7.89. The zero-order chi connectivity index (χ0) is 21.0. The van der Waals surface area contributed by atoms with E-state index in [0.29, 0.717) is 38.5 Å². The van der Waals surface area contributed by atoms with Crippen molar-refractivity contribution in [3.8, 4) is 11.5 Å². The third-order valence-electron chi connectivity index (χ3n) is 4.80. The number of nitrogens with two attached hydrogens (primary N) is 1. The number of anilines is 1. The van der Waals surface area contributed by atoms with E-state index >= 15 is 0 Å². The van der Waals surface area contributed by atoms with Crippen LogP contribution in [0.3, 0.4) is 0 Å². The molecule has 1 aliphatic rings. The predicted molar refractivity (Wildman–Crippen MR) is 110 cm³/mol. The molecular weight excluding hydrogens is 394 g/mol. The highest BCUT2D eigenvalue weighted by Crippen LogP contribution is 2.30. The number of methoxy groups -OCH3 is 1. The monoisotopic (exact) mass is 419 g/mol. The van der Waals surface area contributed by atoms with Gasteiger partial charge in [0, 0.05) is 26.2 Å². The minimum Gasteiger partial charge on any atom is -0.496 e. The van der Waals surface area contributed by atoms with Crippen molar-refractivity contribution >= 4 is 21.6 Å². The largest absolute Gasteiger partial charge is 0.496 e. The number of rotatable bonds is 6. The Morgan fingerprint density at radius 2 is 1.76 bits per heavy atom. The van der Waals surface area contributed by atoms with E-state index in [1.54, 1.807) is 4.90 Å². The van der Waals surface area contributed by atoms with Crippen molar-refractivity contribution in [3.05, 3.63) is 48.0 Å². The lowest BCUT2D eigenvalue weighted by molar-refractivity contribution is 0.0743. The number of sulfonamides is 1. The lowest BCUT2D eigenvalue weighted by Crippen LogP contribution is -2.49. The van der Waals surface area contributed by atoms with Gasteiger partial charge in [-0.05, 0) is 37.3 Å². The number of amides is 1. The number of benzene rings is 2. The first-order chi connectivity index (χ1) is 13.8. The zero-order valence-corrected chi connectivity index (χ0v) is 17.3. The summed E-state index contributed by atoms with van der Waals surface area (Å²) in [5.74, 6) is 0.842. The first-order valence-corrected chi connectivity index (χ1v) is 10.9. The van der Waals surface area contributed by atoms with E-state index in [4.69, 9.17) is 14.6 Å². The minimum atomic E-state index is -3.92. The van der Waals surface area contributed by atoms with Crippen molar-refractivity contribution in [2.24, 2.45) is 5.14 Å². The van der Waals surface area contributed by atoms with E-state index in [-0.39, 0.29) is 16.4 Å². The molecule has 9 heteroatoms. The Kier molecular flexibility index (Phi) is 6.29. The summed E-state index contributed by atoms with van der Waals surface area (Å²) in [6.45, 7) is 4.76. The summed E-state index contributed by atoms with van der Waals surface area (Å²) in [4.78, 5) is 16.8. The average molecular weight is 420 g/mol. The van der Waals surface area contributed by atoms with E-state index in [0.717, 1.165) is 11.4 Å². The van der Waals surface area contributed by atoms with Crippen molar-refractivity contribution in [1.29, 1.82) is 0 Å². The molecule has 0 atom stereocenters. The molecule has 29 heavy (non-hydrogen) atoms. The number of nitrogens with zero attached hydrogens (tertiary/aromatic N) is 2. The number of piperazine rings is 1. The quantitative estimate of drug-likeness (QED) is 0.765. The lowest BCUT2D eigenvalue weighted by Gasteiger charge is -2.37. The van der Waals surface area contributed by atoms with Crippen LogP contribution < -0.4 is 19.5 Å². The van der Waals surface area contributed by atoms with E-state index in [9.17, 15) is 13.2 Å². The van der Waals surface area contributed by atoms with Gasteiger partial charge in [0.2, 0.25) is 10.0 Å². The van der Waals surface area contributed by atoms with Crippen molar-refractivity contribution < 1.29 is 22.7 Å². The SMILES string of the molecule is CCOc1ccccc1N1CCN(C(=O)c2cc(S(N)(=O)=O)ccc2OC)CC1. The smallest absolute Gasteiger partial charge is 0.257 e. The molecule has 0 spiro atoms. The van der Waals surface area contributed by atoms with Crippen LogP contribution in [0.1, 0.15) is 17.3 Å². The predicted octanol–water partition coefficient (Wildman–Crippen LogP) is 1.70. The van der Waals surface area contributed by atoms with Crippen LogP contribution in [-0.2, 0) is 10.0 Å². The highest BCUT2D eigenvalue weighted by atomic mass is 32.2. The third-order valence-corrected chi connectivity index (χ3v) is 5.71. The second-order valence-electron chi connectivity index (χ2n) is 6.59. The van der Waals surface area contributed by atoms with Gasteiger partial charge in [-0.2, -0.15) is 0 Å². The number of primary sulfonamides is 1. The molecule has 0 saturated carbocycles. The Labute approximate surface area is 170 Å². The van der Waals surface area contributed by atoms with Crippen LogP contribution in [-0.4, -0.2) is 59.1 Å². The van der Waals surface area contributed by atoms with E-state index in [1.807, 2.05) is 31.2 Å². The fraction of sp³-hybridized carbons (Fsp3) is 0.350. The maximum Gasteiger partial charge on any atom is 0.257 e. The highest BCUT2D eigenvalue weighted by Gasteiger charge is 2.26. The molecular formula is C20H25N3O5S. The number of hydrogen-bond acceptors (Lipinski definition) is 6. The second-order valence-corrected chi connectivity index (χ2v) is 8.15. The van der Waals surface area contributed by atoms with E-state index in [1.165, 1.54) is 25.3 Å². The Morgan fingerprint density at radius 1 is 1.07 bits per heavy atom. The van der Waals surface area contributed by atoms with Gasteiger partial charge < -0.3 is 19.3 Å². The molecule has 1 heterocycles. The van der Waals surface area contributed by atoms with Gasteiger partial charge in [0.15, 0.2) is 0 Å². The van der Waals surface area contributed by atoms with Crippen LogP contribution in [0, 0.1) is 0 Å². The Hall–Kier alpha value is -2.78. The molecule has 1 aliphatic heterocycles. The van der Waals surface area contributed by atoms with Gasteiger partial charge in [-0.25, -0.2) is 13.6 Å². The van der Waals surface area contributed by atoms with Crippen LogP contribution in [0.2, 0.25) is 0 Å². The topological polar surface area (TPSA) is 102 Å². The average Bonchev–Trinajstić information content (AvgIpc) is 2.73. The molecule has 0 bridgehead atoms. The van der Waals surface area contributed by atoms with Gasteiger partial charge in [-0.3, -0.25) is 4.79 Å².